The summed E-state index contributed by atoms with van der Waals surface area (Å²) in [5, 5.41) is 5.87. The van der Waals surface area contributed by atoms with Gasteiger partial charge < -0.3 is 4.74 Å². The summed E-state index contributed by atoms with van der Waals surface area (Å²) in [7, 11) is 0. The minimum Gasteiger partial charge on any atom is -0.475 e. The number of nitrogens with zero attached hydrogens (tertiary/aromatic N) is 2. The zero-order valence-electron chi connectivity index (χ0n) is 13.9. The van der Waals surface area contributed by atoms with Crippen molar-refractivity contribution in [2.45, 2.75) is 31.9 Å². The van der Waals surface area contributed by atoms with Gasteiger partial charge in [-0.15, -0.1) is 0 Å². The quantitative estimate of drug-likeness (QED) is 0.799. The van der Waals surface area contributed by atoms with Gasteiger partial charge in [-0.2, -0.15) is 5.10 Å². The van der Waals surface area contributed by atoms with Crippen LogP contribution in [0.3, 0.4) is 0 Å². The molecule has 2 aromatic carbocycles. The van der Waals surface area contributed by atoms with Crippen molar-refractivity contribution in [1.82, 2.24) is 5.01 Å². The standard InChI is InChI=1S/C19H18ClFN2O2/c1-19(2,25-17-9-8-14(20)12-15(17)21)18(24)23-16(10-11-22-23)13-6-4-3-5-7-13/h3-9,11-12,16H,10H2,1-2H3. The highest BCUT2D eigenvalue weighted by Gasteiger charge is 2.40. The van der Waals surface area contributed by atoms with Crippen molar-refractivity contribution in [3.63, 3.8) is 0 Å². The molecule has 6 heteroatoms. The van der Waals surface area contributed by atoms with Crippen molar-refractivity contribution in [2.75, 3.05) is 0 Å². The van der Waals surface area contributed by atoms with Crippen LogP contribution < -0.4 is 4.74 Å². The largest absolute Gasteiger partial charge is 0.475 e. The number of hydrazone groups is 1. The molecule has 1 aliphatic rings. The Labute approximate surface area is 150 Å². The van der Waals surface area contributed by atoms with Gasteiger partial charge in [0.15, 0.2) is 17.2 Å². The molecule has 1 atom stereocenters. The Bertz CT molecular complexity index is 808. The number of hydrogen-bond acceptors (Lipinski definition) is 3. The SMILES string of the molecule is CC(C)(Oc1ccc(Cl)cc1F)C(=O)N1N=CCC1c1ccccc1. The van der Waals surface area contributed by atoms with Gasteiger partial charge in [-0.3, -0.25) is 4.79 Å². The Balaban J connectivity index is 1.81. The lowest BCUT2D eigenvalue weighted by atomic mass is 10.0. The second-order valence-electron chi connectivity index (χ2n) is 6.30. The number of hydrogen-bond donors (Lipinski definition) is 0. The lowest BCUT2D eigenvalue weighted by Gasteiger charge is -2.31. The number of halogens is 2. The highest BCUT2D eigenvalue weighted by molar-refractivity contribution is 6.30. The van der Waals surface area contributed by atoms with Gasteiger partial charge in [0.05, 0.1) is 6.04 Å². The van der Waals surface area contributed by atoms with E-state index in [1.165, 1.54) is 17.1 Å². The van der Waals surface area contributed by atoms with Crippen LogP contribution in [0.2, 0.25) is 5.02 Å². The molecular formula is C19H18ClFN2O2. The number of benzene rings is 2. The second kappa shape index (κ2) is 6.84. The molecule has 3 rings (SSSR count). The zero-order chi connectivity index (χ0) is 18.0. The maximum absolute atomic E-state index is 14.0. The van der Waals surface area contributed by atoms with Gasteiger partial charge in [0, 0.05) is 17.7 Å². The van der Waals surface area contributed by atoms with Crippen molar-refractivity contribution < 1.29 is 13.9 Å². The van der Waals surface area contributed by atoms with Crippen LogP contribution in [0.1, 0.15) is 31.9 Å². The summed E-state index contributed by atoms with van der Waals surface area (Å²) in [6.45, 7) is 3.19. The molecule has 0 spiro atoms. The molecule has 0 bridgehead atoms. The molecule has 0 fully saturated rings. The predicted octanol–water partition coefficient (Wildman–Crippen LogP) is 4.60. The van der Waals surface area contributed by atoms with E-state index in [2.05, 4.69) is 5.10 Å². The summed E-state index contributed by atoms with van der Waals surface area (Å²) in [4.78, 5) is 13.0. The summed E-state index contributed by atoms with van der Waals surface area (Å²) in [5.74, 6) is -0.982. The normalized spacial score (nSPS) is 17.0. The first-order chi connectivity index (χ1) is 11.9. The van der Waals surface area contributed by atoms with Gasteiger partial charge in [0.25, 0.3) is 5.91 Å². The van der Waals surface area contributed by atoms with Gasteiger partial charge in [-0.1, -0.05) is 41.9 Å². The average Bonchev–Trinajstić information content (AvgIpc) is 3.07. The Kier molecular flexibility index (Phi) is 4.77. The van der Waals surface area contributed by atoms with E-state index < -0.39 is 11.4 Å². The molecule has 0 N–H and O–H groups in total. The molecule has 2 aromatic rings. The molecule has 1 aliphatic heterocycles. The van der Waals surface area contributed by atoms with Crippen molar-refractivity contribution in [1.29, 1.82) is 0 Å². The fourth-order valence-corrected chi connectivity index (χ4v) is 2.87. The van der Waals surface area contributed by atoms with Gasteiger partial charge in [0.1, 0.15) is 0 Å². The van der Waals surface area contributed by atoms with Crippen LogP contribution in [-0.2, 0) is 4.79 Å². The second-order valence-corrected chi connectivity index (χ2v) is 6.73. The molecule has 4 nitrogen and oxygen atoms in total. The highest BCUT2D eigenvalue weighted by Crippen LogP contribution is 2.32. The molecule has 1 amide bonds. The average molecular weight is 361 g/mol. The lowest BCUT2D eigenvalue weighted by Crippen LogP contribution is -2.47. The van der Waals surface area contributed by atoms with Crippen molar-refractivity contribution in [3.8, 4) is 5.75 Å². The number of amides is 1. The number of carbonyl (C=O) groups is 1. The van der Waals surface area contributed by atoms with Crippen LogP contribution in [-0.4, -0.2) is 22.7 Å². The van der Waals surface area contributed by atoms with Gasteiger partial charge in [0.2, 0.25) is 0 Å². The summed E-state index contributed by atoms with van der Waals surface area (Å²) in [6.07, 6.45) is 2.33. The third-order valence-corrected chi connectivity index (χ3v) is 4.23. The molecule has 0 saturated heterocycles. The van der Waals surface area contributed by atoms with Crippen LogP contribution in [0.15, 0.2) is 53.6 Å². The smallest absolute Gasteiger partial charge is 0.286 e. The lowest BCUT2D eigenvalue weighted by molar-refractivity contribution is -0.147. The van der Waals surface area contributed by atoms with Gasteiger partial charge >= 0.3 is 0 Å². The molecule has 0 saturated carbocycles. The molecular weight excluding hydrogens is 343 g/mol. The first-order valence-corrected chi connectivity index (χ1v) is 8.31. The zero-order valence-corrected chi connectivity index (χ0v) is 14.7. The Morgan fingerprint density at radius 2 is 2.00 bits per heavy atom. The monoisotopic (exact) mass is 360 g/mol. The summed E-state index contributed by atoms with van der Waals surface area (Å²) in [6, 6.07) is 13.5. The Hall–Kier alpha value is -2.40. The number of ether oxygens (including phenoxy) is 1. The van der Waals surface area contributed by atoms with Gasteiger partial charge in [-0.25, -0.2) is 9.40 Å². The maximum Gasteiger partial charge on any atom is 0.286 e. The van der Waals surface area contributed by atoms with Crippen LogP contribution in [0.4, 0.5) is 4.39 Å². The number of carbonyl (C=O) groups excluding carboxylic acids is 1. The van der Waals surface area contributed by atoms with Crippen LogP contribution >= 0.6 is 11.6 Å². The topological polar surface area (TPSA) is 41.9 Å². The molecule has 0 aliphatic carbocycles. The first-order valence-electron chi connectivity index (χ1n) is 7.93. The van der Waals surface area contributed by atoms with E-state index in [1.54, 1.807) is 20.1 Å². The Morgan fingerprint density at radius 1 is 1.28 bits per heavy atom. The summed E-state index contributed by atoms with van der Waals surface area (Å²) < 4.78 is 19.6. The molecule has 0 aromatic heterocycles. The minimum atomic E-state index is -1.29. The van der Waals surface area contributed by atoms with Crippen molar-refractivity contribution in [3.05, 3.63) is 64.9 Å². The minimum absolute atomic E-state index is 0.0258. The van der Waals surface area contributed by atoms with E-state index in [4.69, 9.17) is 16.3 Å². The predicted molar refractivity (Wildman–Crippen MR) is 95.3 cm³/mol. The molecule has 130 valence electrons. The van der Waals surface area contributed by atoms with E-state index >= 15 is 0 Å². The van der Waals surface area contributed by atoms with E-state index in [1.807, 2.05) is 30.3 Å². The maximum atomic E-state index is 14.0. The first kappa shape index (κ1) is 17.4. The summed E-state index contributed by atoms with van der Waals surface area (Å²) in [5.41, 5.74) is -0.301. The summed E-state index contributed by atoms with van der Waals surface area (Å²) >= 11 is 5.75. The van der Waals surface area contributed by atoms with Crippen molar-refractivity contribution >= 4 is 23.7 Å². The number of rotatable bonds is 4. The van der Waals surface area contributed by atoms with E-state index in [-0.39, 0.29) is 22.7 Å². The molecule has 1 heterocycles. The van der Waals surface area contributed by atoms with Crippen LogP contribution in [0.5, 0.6) is 5.75 Å². The molecule has 25 heavy (non-hydrogen) atoms. The third kappa shape index (κ3) is 3.66. The van der Waals surface area contributed by atoms with E-state index in [0.29, 0.717) is 6.42 Å². The van der Waals surface area contributed by atoms with Gasteiger partial charge in [-0.05, 0) is 37.6 Å². The van der Waals surface area contributed by atoms with Crippen molar-refractivity contribution in [2.24, 2.45) is 5.10 Å². The third-order valence-electron chi connectivity index (χ3n) is 4.00. The van der Waals surface area contributed by atoms with Crippen LogP contribution in [0, 0.1) is 5.82 Å². The fraction of sp³-hybridized carbons (Fsp3) is 0.263. The van der Waals surface area contributed by atoms with E-state index in [9.17, 15) is 9.18 Å². The van der Waals surface area contributed by atoms with Crippen LogP contribution in [0.25, 0.3) is 0 Å². The molecule has 0 radical (unpaired) electrons. The molecule has 1 unspecified atom stereocenters. The van der Waals surface area contributed by atoms with E-state index in [0.717, 1.165) is 11.6 Å². The highest BCUT2D eigenvalue weighted by atomic mass is 35.5. The Morgan fingerprint density at radius 3 is 2.68 bits per heavy atom. The fourth-order valence-electron chi connectivity index (χ4n) is 2.71.